The molecule has 4 N–H and O–H groups in total. The maximum absolute atomic E-state index is 11.9. The molecule has 22 heavy (non-hydrogen) atoms. The van der Waals surface area contributed by atoms with Gasteiger partial charge in [-0.25, -0.2) is 0 Å². The SMILES string of the molecule is COc1ccc(C[C@@H](NC(=O)[C@H](O)CC(C)C)C(N)=O)cc1. The van der Waals surface area contributed by atoms with E-state index in [9.17, 15) is 14.7 Å². The minimum absolute atomic E-state index is 0.175. The molecule has 0 radical (unpaired) electrons. The maximum Gasteiger partial charge on any atom is 0.249 e. The lowest BCUT2D eigenvalue weighted by atomic mass is 10.0. The summed E-state index contributed by atoms with van der Waals surface area (Å²) in [5.74, 6) is -0.336. The quantitative estimate of drug-likeness (QED) is 0.655. The Morgan fingerprint density at radius 1 is 1.27 bits per heavy atom. The number of rotatable bonds is 8. The van der Waals surface area contributed by atoms with Gasteiger partial charge < -0.3 is 20.9 Å². The maximum atomic E-state index is 11.9. The first-order valence-corrected chi connectivity index (χ1v) is 7.24. The van der Waals surface area contributed by atoms with Crippen molar-refractivity contribution in [3.63, 3.8) is 0 Å². The molecule has 0 aliphatic heterocycles. The van der Waals surface area contributed by atoms with E-state index in [2.05, 4.69) is 5.32 Å². The van der Waals surface area contributed by atoms with E-state index in [1.54, 1.807) is 31.4 Å². The predicted octanol–water partition coefficient (Wildman–Crippen LogP) is 0.615. The summed E-state index contributed by atoms with van der Waals surface area (Å²) in [4.78, 5) is 23.4. The lowest BCUT2D eigenvalue weighted by molar-refractivity contribution is -0.133. The molecule has 0 saturated carbocycles. The molecule has 0 saturated heterocycles. The van der Waals surface area contributed by atoms with Crippen molar-refractivity contribution in [3.05, 3.63) is 29.8 Å². The van der Waals surface area contributed by atoms with Crippen LogP contribution in [0.5, 0.6) is 5.75 Å². The summed E-state index contributed by atoms with van der Waals surface area (Å²) in [6.45, 7) is 3.80. The van der Waals surface area contributed by atoms with Crippen LogP contribution in [0.25, 0.3) is 0 Å². The number of nitrogens with one attached hydrogen (secondary N) is 1. The number of benzene rings is 1. The normalized spacial score (nSPS) is 13.5. The predicted molar refractivity (Wildman–Crippen MR) is 83.3 cm³/mol. The van der Waals surface area contributed by atoms with Gasteiger partial charge in [-0.3, -0.25) is 9.59 Å². The molecule has 0 bridgehead atoms. The molecule has 2 amide bonds. The van der Waals surface area contributed by atoms with E-state index in [1.807, 2.05) is 13.8 Å². The summed E-state index contributed by atoms with van der Waals surface area (Å²) >= 11 is 0. The van der Waals surface area contributed by atoms with Gasteiger partial charge in [0.2, 0.25) is 11.8 Å². The number of carbonyl (C=O) groups is 2. The average molecular weight is 308 g/mol. The van der Waals surface area contributed by atoms with Gasteiger partial charge in [-0.2, -0.15) is 0 Å². The highest BCUT2D eigenvalue weighted by Crippen LogP contribution is 2.13. The first-order chi connectivity index (χ1) is 10.3. The van der Waals surface area contributed by atoms with Gasteiger partial charge in [0.1, 0.15) is 17.9 Å². The summed E-state index contributed by atoms with van der Waals surface area (Å²) < 4.78 is 5.06. The van der Waals surface area contributed by atoms with Crippen LogP contribution >= 0.6 is 0 Å². The largest absolute Gasteiger partial charge is 0.497 e. The number of methoxy groups -OCH3 is 1. The van der Waals surface area contributed by atoms with Gasteiger partial charge in [0.25, 0.3) is 0 Å². The molecule has 6 nitrogen and oxygen atoms in total. The van der Waals surface area contributed by atoms with Crippen molar-refractivity contribution >= 4 is 11.8 Å². The van der Waals surface area contributed by atoms with Crippen LogP contribution in [0.15, 0.2) is 24.3 Å². The van der Waals surface area contributed by atoms with Gasteiger partial charge in [-0.05, 0) is 30.0 Å². The Hall–Kier alpha value is -2.08. The Labute approximate surface area is 130 Å². The van der Waals surface area contributed by atoms with Crippen LogP contribution in [0.2, 0.25) is 0 Å². The molecular weight excluding hydrogens is 284 g/mol. The molecule has 0 aliphatic carbocycles. The van der Waals surface area contributed by atoms with Gasteiger partial charge in [0.15, 0.2) is 0 Å². The minimum atomic E-state index is -1.14. The van der Waals surface area contributed by atoms with E-state index in [-0.39, 0.29) is 12.3 Å². The van der Waals surface area contributed by atoms with E-state index in [0.29, 0.717) is 12.2 Å². The number of nitrogens with two attached hydrogens (primary N) is 1. The third kappa shape index (κ3) is 5.73. The lowest BCUT2D eigenvalue weighted by Crippen LogP contribution is -2.49. The van der Waals surface area contributed by atoms with Crippen molar-refractivity contribution < 1.29 is 19.4 Å². The van der Waals surface area contributed by atoms with Crippen LogP contribution < -0.4 is 15.8 Å². The van der Waals surface area contributed by atoms with E-state index in [0.717, 1.165) is 5.56 Å². The molecule has 122 valence electrons. The Bertz CT molecular complexity index is 499. The van der Waals surface area contributed by atoms with Crippen LogP contribution in [-0.2, 0) is 16.0 Å². The number of primary amides is 1. The Kier molecular flexibility index (Phi) is 6.85. The molecule has 0 aromatic heterocycles. The molecule has 0 aliphatic rings. The van der Waals surface area contributed by atoms with Crippen LogP contribution in [0.3, 0.4) is 0 Å². The van der Waals surface area contributed by atoms with Gasteiger partial charge in [-0.15, -0.1) is 0 Å². The van der Waals surface area contributed by atoms with E-state index >= 15 is 0 Å². The smallest absolute Gasteiger partial charge is 0.249 e. The summed E-state index contributed by atoms with van der Waals surface area (Å²) in [5, 5.41) is 12.3. The molecular formula is C16H24N2O4. The second-order valence-electron chi connectivity index (χ2n) is 5.66. The minimum Gasteiger partial charge on any atom is -0.497 e. The van der Waals surface area contributed by atoms with Crippen LogP contribution in [0, 0.1) is 5.92 Å². The highest BCUT2D eigenvalue weighted by molar-refractivity contribution is 5.88. The number of ether oxygens (including phenoxy) is 1. The average Bonchev–Trinajstić information content (AvgIpc) is 2.46. The standard InChI is InChI=1S/C16H24N2O4/c1-10(2)8-14(19)16(21)18-13(15(17)20)9-11-4-6-12(22-3)7-5-11/h4-7,10,13-14,19H,8-9H2,1-3H3,(H2,17,20)(H,18,21)/t13-,14-/m1/s1. The first kappa shape index (κ1) is 18.0. The highest BCUT2D eigenvalue weighted by atomic mass is 16.5. The summed E-state index contributed by atoms with van der Waals surface area (Å²) in [6.07, 6.45) is -0.544. The van der Waals surface area contributed by atoms with Crippen molar-refractivity contribution in [2.24, 2.45) is 11.7 Å². The van der Waals surface area contributed by atoms with Gasteiger partial charge >= 0.3 is 0 Å². The van der Waals surface area contributed by atoms with Crippen molar-refractivity contribution in [2.45, 2.75) is 38.8 Å². The highest BCUT2D eigenvalue weighted by Gasteiger charge is 2.23. The van der Waals surface area contributed by atoms with Gasteiger partial charge in [-0.1, -0.05) is 26.0 Å². The first-order valence-electron chi connectivity index (χ1n) is 7.24. The summed E-state index contributed by atoms with van der Waals surface area (Å²) in [6, 6.07) is 6.27. The van der Waals surface area contributed by atoms with Crippen molar-refractivity contribution in [2.75, 3.05) is 7.11 Å². The molecule has 0 unspecified atom stereocenters. The Morgan fingerprint density at radius 2 is 1.86 bits per heavy atom. The summed E-state index contributed by atoms with van der Waals surface area (Å²) in [7, 11) is 1.57. The number of carbonyl (C=O) groups excluding carboxylic acids is 2. The summed E-state index contributed by atoms with van der Waals surface area (Å²) in [5.41, 5.74) is 6.17. The number of hydrogen-bond donors (Lipinski definition) is 3. The van der Waals surface area contributed by atoms with Gasteiger partial charge in [0, 0.05) is 6.42 Å². The zero-order valence-corrected chi connectivity index (χ0v) is 13.2. The fourth-order valence-electron chi connectivity index (χ4n) is 2.04. The molecule has 0 fully saturated rings. The second kappa shape index (κ2) is 8.38. The van der Waals surface area contributed by atoms with E-state index < -0.39 is 24.0 Å². The third-order valence-corrected chi connectivity index (χ3v) is 3.26. The fourth-order valence-corrected chi connectivity index (χ4v) is 2.04. The van der Waals surface area contributed by atoms with Crippen LogP contribution in [-0.4, -0.2) is 36.2 Å². The lowest BCUT2D eigenvalue weighted by Gasteiger charge is -2.19. The second-order valence-corrected chi connectivity index (χ2v) is 5.66. The molecule has 1 rings (SSSR count). The Morgan fingerprint density at radius 3 is 2.32 bits per heavy atom. The molecule has 1 aromatic rings. The monoisotopic (exact) mass is 308 g/mol. The molecule has 0 spiro atoms. The molecule has 6 heteroatoms. The zero-order chi connectivity index (χ0) is 16.7. The van der Waals surface area contributed by atoms with E-state index in [1.165, 1.54) is 0 Å². The van der Waals surface area contributed by atoms with Gasteiger partial charge in [0.05, 0.1) is 7.11 Å². The number of hydrogen-bond acceptors (Lipinski definition) is 4. The van der Waals surface area contributed by atoms with Crippen LogP contribution in [0.4, 0.5) is 0 Å². The van der Waals surface area contributed by atoms with Crippen LogP contribution in [0.1, 0.15) is 25.8 Å². The molecule has 2 atom stereocenters. The number of aliphatic hydroxyl groups is 1. The number of aliphatic hydroxyl groups excluding tert-OH is 1. The molecule has 0 heterocycles. The third-order valence-electron chi connectivity index (χ3n) is 3.26. The molecule has 1 aromatic carbocycles. The van der Waals surface area contributed by atoms with Crippen molar-refractivity contribution in [1.82, 2.24) is 5.32 Å². The number of amides is 2. The van der Waals surface area contributed by atoms with E-state index in [4.69, 9.17) is 10.5 Å². The fraction of sp³-hybridized carbons (Fsp3) is 0.500. The van der Waals surface area contributed by atoms with Crippen molar-refractivity contribution in [3.8, 4) is 5.75 Å². The topological polar surface area (TPSA) is 102 Å². The zero-order valence-electron chi connectivity index (χ0n) is 13.2. The Balaban J connectivity index is 2.68. The van der Waals surface area contributed by atoms with Crippen molar-refractivity contribution in [1.29, 1.82) is 0 Å².